The Morgan fingerprint density at radius 2 is 1.52 bits per heavy atom. The van der Waals surface area contributed by atoms with Crippen LogP contribution in [0.25, 0.3) is 0 Å². The van der Waals surface area contributed by atoms with Gasteiger partial charge in [0.05, 0.1) is 5.41 Å². The number of para-hydroxylation sites is 1. The number of benzene rings is 2. The molecular formula is C18H21NO2. The van der Waals surface area contributed by atoms with Crippen molar-refractivity contribution in [1.29, 1.82) is 0 Å². The fraction of sp³-hybridized carbons (Fsp3) is 0.278. The van der Waals surface area contributed by atoms with Crippen molar-refractivity contribution in [2.45, 2.75) is 20.4 Å². The molecule has 0 saturated carbocycles. The number of rotatable bonds is 6. The number of carboxylic acids is 1. The maximum absolute atomic E-state index is 11.4. The van der Waals surface area contributed by atoms with Crippen molar-refractivity contribution in [3.63, 3.8) is 0 Å². The molecule has 0 aliphatic carbocycles. The molecule has 0 unspecified atom stereocenters. The molecular weight excluding hydrogens is 262 g/mol. The first-order valence-electron chi connectivity index (χ1n) is 7.06. The molecule has 0 spiro atoms. The van der Waals surface area contributed by atoms with Crippen molar-refractivity contribution in [1.82, 2.24) is 0 Å². The van der Waals surface area contributed by atoms with E-state index in [-0.39, 0.29) is 0 Å². The zero-order chi connectivity index (χ0) is 15.3. The number of hydrogen-bond donors (Lipinski definition) is 1. The van der Waals surface area contributed by atoms with Crippen molar-refractivity contribution < 1.29 is 9.90 Å². The Morgan fingerprint density at radius 3 is 2.05 bits per heavy atom. The van der Waals surface area contributed by atoms with E-state index in [4.69, 9.17) is 0 Å². The van der Waals surface area contributed by atoms with E-state index in [0.717, 1.165) is 5.69 Å². The second kappa shape index (κ2) is 6.44. The van der Waals surface area contributed by atoms with Crippen LogP contribution in [0.1, 0.15) is 19.4 Å². The summed E-state index contributed by atoms with van der Waals surface area (Å²) in [5, 5.41) is 9.38. The van der Waals surface area contributed by atoms with Gasteiger partial charge >= 0.3 is 5.97 Å². The second-order valence-electron chi connectivity index (χ2n) is 5.87. The summed E-state index contributed by atoms with van der Waals surface area (Å²) in [4.78, 5) is 13.5. The van der Waals surface area contributed by atoms with Gasteiger partial charge in [-0.2, -0.15) is 0 Å². The van der Waals surface area contributed by atoms with Crippen LogP contribution >= 0.6 is 0 Å². The van der Waals surface area contributed by atoms with Crippen LogP contribution < -0.4 is 4.90 Å². The van der Waals surface area contributed by atoms with Crippen molar-refractivity contribution >= 4 is 11.7 Å². The number of carboxylic acid groups (broad SMARTS) is 1. The lowest BCUT2D eigenvalue weighted by atomic mass is 9.92. The predicted octanol–water partition coefficient (Wildman–Crippen LogP) is 3.80. The third kappa shape index (κ3) is 4.09. The molecule has 0 amide bonds. The third-order valence-electron chi connectivity index (χ3n) is 3.50. The number of aliphatic carboxylic acids is 1. The van der Waals surface area contributed by atoms with Crippen molar-refractivity contribution in [3.05, 3.63) is 66.2 Å². The summed E-state index contributed by atoms with van der Waals surface area (Å²) in [7, 11) is 0. The summed E-state index contributed by atoms with van der Waals surface area (Å²) in [6.07, 6.45) is 0. The molecule has 3 nitrogen and oxygen atoms in total. The standard InChI is InChI=1S/C18H21NO2/c1-18(2,17(20)21)14-19(16-11-7-4-8-12-16)13-15-9-5-3-6-10-15/h3-12H,13-14H2,1-2H3,(H,20,21). The maximum atomic E-state index is 11.4. The van der Waals surface area contributed by atoms with Crippen molar-refractivity contribution in [2.75, 3.05) is 11.4 Å². The minimum absolute atomic E-state index is 0.460. The van der Waals surface area contributed by atoms with Crippen LogP contribution in [-0.4, -0.2) is 17.6 Å². The van der Waals surface area contributed by atoms with E-state index in [1.807, 2.05) is 48.5 Å². The summed E-state index contributed by atoms with van der Waals surface area (Å²) in [5.41, 5.74) is 1.41. The predicted molar refractivity (Wildman–Crippen MR) is 85.4 cm³/mol. The lowest BCUT2D eigenvalue weighted by Gasteiger charge is -2.31. The highest BCUT2D eigenvalue weighted by Gasteiger charge is 2.30. The van der Waals surface area contributed by atoms with E-state index in [2.05, 4.69) is 17.0 Å². The Bertz CT molecular complexity index is 579. The van der Waals surface area contributed by atoms with Gasteiger partial charge in [0, 0.05) is 18.8 Å². The molecule has 21 heavy (non-hydrogen) atoms. The molecule has 3 heteroatoms. The Balaban J connectivity index is 2.25. The Hall–Kier alpha value is -2.29. The van der Waals surface area contributed by atoms with E-state index >= 15 is 0 Å². The first-order chi connectivity index (χ1) is 9.99. The van der Waals surface area contributed by atoms with Crippen LogP contribution in [0.3, 0.4) is 0 Å². The fourth-order valence-corrected chi connectivity index (χ4v) is 2.23. The Morgan fingerprint density at radius 1 is 1.00 bits per heavy atom. The van der Waals surface area contributed by atoms with Crippen molar-refractivity contribution in [2.24, 2.45) is 5.41 Å². The molecule has 0 aliphatic rings. The molecule has 110 valence electrons. The van der Waals surface area contributed by atoms with Gasteiger partial charge in [0.25, 0.3) is 0 Å². The first kappa shape index (κ1) is 15.1. The van der Waals surface area contributed by atoms with E-state index in [9.17, 15) is 9.90 Å². The summed E-state index contributed by atoms with van der Waals surface area (Å²) >= 11 is 0. The molecule has 2 rings (SSSR count). The van der Waals surface area contributed by atoms with Crippen LogP contribution in [0.15, 0.2) is 60.7 Å². The average molecular weight is 283 g/mol. The normalized spacial score (nSPS) is 11.1. The molecule has 1 N–H and O–H groups in total. The largest absolute Gasteiger partial charge is 0.481 e. The molecule has 0 fully saturated rings. The van der Waals surface area contributed by atoms with Gasteiger partial charge in [0.15, 0.2) is 0 Å². The number of hydrogen-bond acceptors (Lipinski definition) is 2. The van der Waals surface area contributed by atoms with E-state index < -0.39 is 11.4 Å². The summed E-state index contributed by atoms with van der Waals surface area (Å²) in [6, 6.07) is 20.0. The Labute approximate surface area is 125 Å². The van der Waals surface area contributed by atoms with Gasteiger partial charge in [-0.3, -0.25) is 4.79 Å². The molecule has 0 aliphatic heterocycles. The lowest BCUT2D eigenvalue weighted by Crippen LogP contribution is -2.39. The highest BCUT2D eigenvalue weighted by Crippen LogP contribution is 2.24. The highest BCUT2D eigenvalue weighted by molar-refractivity contribution is 5.74. The molecule has 2 aromatic rings. The highest BCUT2D eigenvalue weighted by atomic mass is 16.4. The lowest BCUT2D eigenvalue weighted by molar-refractivity contribution is -0.146. The smallest absolute Gasteiger partial charge is 0.310 e. The third-order valence-corrected chi connectivity index (χ3v) is 3.50. The average Bonchev–Trinajstić information content (AvgIpc) is 2.48. The molecule has 2 aromatic carbocycles. The van der Waals surface area contributed by atoms with Crippen LogP contribution in [0.4, 0.5) is 5.69 Å². The van der Waals surface area contributed by atoms with Gasteiger partial charge in [-0.1, -0.05) is 48.5 Å². The summed E-state index contributed by atoms with van der Waals surface area (Å²) in [5.74, 6) is -0.781. The monoisotopic (exact) mass is 283 g/mol. The van der Waals surface area contributed by atoms with Gasteiger partial charge in [-0.25, -0.2) is 0 Å². The summed E-state index contributed by atoms with van der Waals surface area (Å²) in [6.45, 7) is 4.68. The van der Waals surface area contributed by atoms with Crippen LogP contribution in [0.5, 0.6) is 0 Å². The number of carbonyl (C=O) groups is 1. The first-order valence-corrected chi connectivity index (χ1v) is 7.06. The topological polar surface area (TPSA) is 40.5 Å². The molecule has 0 radical (unpaired) electrons. The zero-order valence-electron chi connectivity index (χ0n) is 12.5. The van der Waals surface area contributed by atoms with Crippen LogP contribution in [0, 0.1) is 5.41 Å². The van der Waals surface area contributed by atoms with Crippen molar-refractivity contribution in [3.8, 4) is 0 Å². The molecule has 0 atom stereocenters. The second-order valence-corrected chi connectivity index (χ2v) is 5.87. The van der Waals surface area contributed by atoms with E-state index in [1.54, 1.807) is 13.8 Å². The number of nitrogens with zero attached hydrogens (tertiary/aromatic N) is 1. The molecule has 0 heterocycles. The quantitative estimate of drug-likeness (QED) is 0.876. The molecule has 0 aromatic heterocycles. The SMILES string of the molecule is CC(C)(CN(Cc1ccccc1)c1ccccc1)C(=O)O. The van der Waals surface area contributed by atoms with Gasteiger partial charge in [-0.15, -0.1) is 0 Å². The van der Waals surface area contributed by atoms with Gasteiger partial charge in [0.1, 0.15) is 0 Å². The van der Waals surface area contributed by atoms with Crippen LogP contribution in [0.2, 0.25) is 0 Å². The Kier molecular flexibility index (Phi) is 4.63. The molecule has 0 bridgehead atoms. The van der Waals surface area contributed by atoms with Crippen LogP contribution in [-0.2, 0) is 11.3 Å². The maximum Gasteiger partial charge on any atom is 0.310 e. The minimum atomic E-state index is -0.801. The minimum Gasteiger partial charge on any atom is -0.481 e. The fourth-order valence-electron chi connectivity index (χ4n) is 2.23. The van der Waals surface area contributed by atoms with E-state index in [0.29, 0.717) is 13.1 Å². The zero-order valence-corrected chi connectivity index (χ0v) is 12.5. The number of anilines is 1. The summed E-state index contributed by atoms with van der Waals surface area (Å²) < 4.78 is 0. The van der Waals surface area contributed by atoms with Gasteiger partial charge in [-0.05, 0) is 31.5 Å². The van der Waals surface area contributed by atoms with Gasteiger partial charge in [0.2, 0.25) is 0 Å². The van der Waals surface area contributed by atoms with E-state index in [1.165, 1.54) is 5.56 Å². The van der Waals surface area contributed by atoms with Gasteiger partial charge < -0.3 is 10.0 Å². The molecule has 0 saturated heterocycles.